The molecule has 114 valence electrons. The van der Waals surface area contributed by atoms with Gasteiger partial charge in [0.15, 0.2) is 6.61 Å². The van der Waals surface area contributed by atoms with Gasteiger partial charge in [0.25, 0.3) is 0 Å². The Morgan fingerprint density at radius 1 is 1.29 bits per heavy atom. The lowest BCUT2D eigenvalue weighted by atomic mass is 10.2. The molecule has 1 N–H and O–H groups in total. The molecule has 1 saturated heterocycles. The van der Waals surface area contributed by atoms with Crippen LogP contribution in [0.25, 0.3) is 0 Å². The van der Waals surface area contributed by atoms with Crippen molar-refractivity contribution < 1.29 is 14.3 Å². The van der Waals surface area contributed by atoms with Crippen LogP contribution in [0.2, 0.25) is 0 Å². The van der Waals surface area contributed by atoms with Crippen molar-refractivity contribution in [1.82, 2.24) is 4.90 Å². The van der Waals surface area contributed by atoms with Crippen LogP contribution in [0, 0.1) is 0 Å². The highest BCUT2D eigenvalue weighted by atomic mass is 16.6. The summed E-state index contributed by atoms with van der Waals surface area (Å²) in [4.78, 5) is 13.6. The molecule has 1 aliphatic heterocycles. The molecule has 1 atom stereocenters. The average Bonchev–Trinajstić information content (AvgIpc) is 3.26. The summed E-state index contributed by atoms with van der Waals surface area (Å²) >= 11 is 0. The molecule has 1 heterocycles. The highest BCUT2D eigenvalue weighted by Crippen LogP contribution is 2.30. The minimum atomic E-state index is -0.372. The number of benzene rings is 1. The van der Waals surface area contributed by atoms with Crippen molar-refractivity contribution in [3.63, 3.8) is 0 Å². The lowest BCUT2D eigenvalue weighted by Gasteiger charge is -2.17. The summed E-state index contributed by atoms with van der Waals surface area (Å²) in [6.07, 6.45) is 3.95. The second kappa shape index (κ2) is 6.35. The van der Waals surface area contributed by atoms with E-state index in [4.69, 9.17) is 4.74 Å². The van der Waals surface area contributed by atoms with Gasteiger partial charge in [0.05, 0.1) is 7.11 Å². The third-order valence-corrected chi connectivity index (χ3v) is 4.09. The third kappa shape index (κ3) is 3.88. The fourth-order valence-electron chi connectivity index (χ4n) is 2.76. The summed E-state index contributed by atoms with van der Waals surface area (Å²) in [5, 5.41) is 3.57. The minimum absolute atomic E-state index is 0.0533. The van der Waals surface area contributed by atoms with E-state index in [1.165, 1.54) is 32.9 Å². The lowest BCUT2D eigenvalue weighted by molar-refractivity contribution is -0.142. The van der Waals surface area contributed by atoms with Crippen LogP contribution in [0.3, 0.4) is 0 Å². The van der Waals surface area contributed by atoms with Crippen LogP contribution in [0.5, 0.6) is 5.75 Å². The molecule has 1 aliphatic carbocycles. The Kier molecular flexibility index (Phi) is 4.29. The van der Waals surface area contributed by atoms with Gasteiger partial charge in [-0.3, -0.25) is 4.90 Å². The maximum atomic E-state index is 11.0. The van der Waals surface area contributed by atoms with E-state index in [9.17, 15) is 4.79 Å². The molecule has 2 fully saturated rings. The van der Waals surface area contributed by atoms with Gasteiger partial charge in [0, 0.05) is 30.9 Å². The maximum Gasteiger partial charge on any atom is 0.343 e. The molecule has 0 bridgehead atoms. The first kappa shape index (κ1) is 14.2. The Hall–Kier alpha value is -1.75. The molecule has 0 aromatic heterocycles. The molecular formula is C16H22N2O3. The first-order valence-corrected chi connectivity index (χ1v) is 7.55. The molecular weight excluding hydrogens is 268 g/mol. The van der Waals surface area contributed by atoms with Crippen LogP contribution in [0.1, 0.15) is 19.3 Å². The molecule has 1 aromatic carbocycles. The topological polar surface area (TPSA) is 50.8 Å². The summed E-state index contributed by atoms with van der Waals surface area (Å²) in [5.74, 6) is 0.306. The van der Waals surface area contributed by atoms with Crippen LogP contribution in [0.15, 0.2) is 24.3 Å². The monoisotopic (exact) mass is 290 g/mol. The average molecular weight is 290 g/mol. The zero-order chi connectivity index (χ0) is 14.7. The van der Waals surface area contributed by atoms with Gasteiger partial charge in [-0.05, 0) is 43.5 Å². The molecule has 1 unspecified atom stereocenters. The van der Waals surface area contributed by atoms with E-state index in [-0.39, 0.29) is 12.6 Å². The molecule has 1 saturated carbocycles. The standard InChI is InChI=1S/C16H22N2O3/c1-20-16(19)11-21-15-6-2-12(3-7-15)17-13-8-9-18(10-13)14-4-5-14/h2-3,6-7,13-14,17H,4-5,8-11H2,1H3. The Labute approximate surface area is 125 Å². The van der Waals surface area contributed by atoms with Gasteiger partial charge in [0.1, 0.15) is 5.75 Å². The van der Waals surface area contributed by atoms with E-state index in [0.29, 0.717) is 11.8 Å². The fraction of sp³-hybridized carbons (Fsp3) is 0.562. The molecule has 2 aliphatic rings. The Balaban J connectivity index is 1.47. The summed E-state index contributed by atoms with van der Waals surface area (Å²) in [5.41, 5.74) is 1.10. The van der Waals surface area contributed by atoms with Gasteiger partial charge < -0.3 is 14.8 Å². The van der Waals surface area contributed by atoms with E-state index in [1.807, 2.05) is 24.3 Å². The normalized spacial score (nSPS) is 22.0. The smallest absolute Gasteiger partial charge is 0.343 e. The first-order chi connectivity index (χ1) is 10.2. The van der Waals surface area contributed by atoms with E-state index in [0.717, 1.165) is 18.3 Å². The van der Waals surface area contributed by atoms with Gasteiger partial charge >= 0.3 is 5.97 Å². The van der Waals surface area contributed by atoms with E-state index < -0.39 is 0 Å². The number of ether oxygens (including phenoxy) is 2. The minimum Gasteiger partial charge on any atom is -0.482 e. The number of likely N-dealkylation sites (tertiary alicyclic amines) is 1. The van der Waals surface area contributed by atoms with Gasteiger partial charge in [-0.25, -0.2) is 4.79 Å². The van der Waals surface area contributed by atoms with Gasteiger partial charge in [-0.1, -0.05) is 0 Å². The van der Waals surface area contributed by atoms with Crippen LogP contribution in [-0.4, -0.2) is 49.8 Å². The lowest BCUT2D eigenvalue weighted by Crippen LogP contribution is -2.27. The summed E-state index contributed by atoms with van der Waals surface area (Å²) in [6.45, 7) is 2.30. The predicted molar refractivity (Wildman–Crippen MR) is 80.6 cm³/mol. The Morgan fingerprint density at radius 3 is 2.71 bits per heavy atom. The number of methoxy groups -OCH3 is 1. The SMILES string of the molecule is COC(=O)COc1ccc(NC2CCN(C3CC3)C2)cc1. The first-order valence-electron chi connectivity index (χ1n) is 7.55. The largest absolute Gasteiger partial charge is 0.482 e. The van der Waals surface area contributed by atoms with Crippen LogP contribution in [0.4, 0.5) is 5.69 Å². The number of rotatable bonds is 6. The maximum absolute atomic E-state index is 11.0. The number of esters is 1. The van der Waals surface area contributed by atoms with Crippen molar-refractivity contribution >= 4 is 11.7 Å². The third-order valence-electron chi connectivity index (χ3n) is 4.09. The molecule has 5 nitrogen and oxygen atoms in total. The number of carbonyl (C=O) groups is 1. The summed E-state index contributed by atoms with van der Waals surface area (Å²) in [7, 11) is 1.35. The number of nitrogens with one attached hydrogen (secondary N) is 1. The molecule has 1 aromatic rings. The predicted octanol–water partition coefficient (Wildman–Crippen LogP) is 1.89. The zero-order valence-electron chi connectivity index (χ0n) is 12.4. The number of hydrogen-bond acceptors (Lipinski definition) is 5. The molecule has 0 amide bonds. The van der Waals surface area contributed by atoms with Crippen molar-refractivity contribution in [3.8, 4) is 5.75 Å². The van der Waals surface area contributed by atoms with Gasteiger partial charge in [-0.15, -0.1) is 0 Å². The quantitative estimate of drug-likeness (QED) is 0.811. The van der Waals surface area contributed by atoms with Gasteiger partial charge in [0.2, 0.25) is 0 Å². The van der Waals surface area contributed by atoms with E-state index in [2.05, 4.69) is 15.0 Å². The highest BCUT2D eigenvalue weighted by molar-refractivity contribution is 5.70. The highest BCUT2D eigenvalue weighted by Gasteiger charge is 2.34. The Bertz CT molecular complexity index is 485. The van der Waals surface area contributed by atoms with Crippen LogP contribution >= 0.6 is 0 Å². The van der Waals surface area contributed by atoms with Gasteiger partial charge in [-0.2, -0.15) is 0 Å². The Morgan fingerprint density at radius 2 is 2.05 bits per heavy atom. The van der Waals surface area contributed by atoms with E-state index >= 15 is 0 Å². The number of carbonyl (C=O) groups excluding carboxylic acids is 1. The van der Waals surface area contributed by atoms with Crippen LogP contribution < -0.4 is 10.1 Å². The van der Waals surface area contributed by atoms with Crippen LogP contribution in [-0.2, 0) is 9.53 Å². The molecule has 0 radical (unpaired) electrons. The van der Waals surface area contributed by atoms with Crippen molar-refractivity contribution in [2.24, 2.45) is 0 Å². The van der Waals surface area contributed by atoms with Crippen molar-refractivity contribution in [3.05, 3.63) is 24.3 Å². The number of hydrogen-bond donors (Lipinski definition) is 1. The van der Waals surface area contributed by atoms with E-state index in [1.54, 1.807) is 0 Å². The van der Waals surface area contributed by atoms with Crippen molar-refractivity contribution in [2.45, 2.75) is 31.3 Å². The number of anilines is 1. The fourth-order valence-corrected chi connectivity index (χ4v) is 2.76. The molecule has 5 heteroatoms. The summed E-state index contributed by atoms with van der Waals surface area (Å²) < 4.78 is 9.87. The van der Waals surface area contributed by atoms with Crippen molar-refractivity contribution in [1.29, 1.82) is 0 Å². The summed E-state index contributed by atoms with van der Waals surface area (Å²) in [6, 6.07) is 9.12. The second-order valence-corrected chi connectivity index (χ2v) is 5.75. The molecule has 0 spiro atoms. The molecule has 21 heavy (non-hydrogen) atoms. The zero-order valence-corrected chi connectivity index (χ0v) is 12.4. The molecule has 3 rings (SSSR count). The number of nitrogens with zero attached hydrogens (tertiary/aromatic N) is 1. The van der Waals surface area contributed by atoms with Crippen molar-refractivity contribution in [2.75, 3.05) is 32.1 Å². The second-order valence-electron chi connectivity index (χ2n) is 5.75.